The lowest BCUT2D eigenvalue weighted by Gasteiger charge is -2.52. The summed E-state index contributed by atoms with van der Waals surface area (Å²) >= 11 is 0. The molecule has 0 spiro atoms. The van der Waals surface area contributed by atoms with Gasteiger partial charge in [0.05, 0.1) is 36.6 Å². The number of aliphatic hydroxyl groups is 1. The van der Waals surface area contributed by atoms with Gasteiger partial charge in [-0.25, -0.2) is 0 Å². The van der Waals surface area contributed by atoms with Gasteiger partial charge < -0.3 is 43.0 Å². The van der Waals surface area contributed by atoms with E-state index in [1.165, 1.54) is 0 Å². The van der Waals surface area contributed by atoms with Crippen LogP contribution in [-0.4, -0.2) is 86.2 Å². The van der Waals surface area contributed by atoms with Gasteiger partial charge in [-0.15, -0.1) is 0 Å². The zero-order chi connectivity index (χ0) is 34.0. The van der Waals surface area contributed by atoms with E-state index in [0.29, 0.717) is 5.92 Å². The molecule has 0 aliphatic carbocycles. The lowest BCUT2D eigenvalue weighted by atomic mass is 9.81. The Labute approximate surface area is 280 Å². The highest BCUT2D eigenvalue weighted by Crippen LogP contribution is 2.43. The first-order chi connectivity index (χ1) is 21.8. The Kier molecular flexibility index (Phi) is 13.8. The van der Waals surface area contributed by atoms with Crippen molar-refractivity contribution < 1.29 is 43.0 Å². The quantitative estimate of drug-likeness (QED) is 0.258. The number of aliphatic hydroxyl groups excluding tert-OH is 1. The highest BCUT2D eigenvalue weighted by molar-refractivity contribution is 4.93. The van der Waals surface area contributed by atoms with Crippen LogP contribution in [0.2, 0.25) is 0 Å². The fraction of sp³-hybridized carbons (Fsp3) is 1.00. The van der Waals surface area contributed by atoms with Crippen LogP contribution in [0.5, 0.6) is 0 Å². The molecule has 0 bridgehead atoms. The molecule has 9 nitrogen and oxygen atoms in total. The maximum Gasteiger partial charge on any atom is 0.185 e. The molecular weight excluding hydrogens is 588 g/mol. The largest absolute Gasteiger partial charge is 0.392 e. The van der Waals surface area contributed by atoms with E-state index in [1.54, 1.807) is 7.11 Å². The summed E-state index contributed by atoms with van der Waals surface area (Å²) in [7, 11) is 1.69. The maximum absolute atomic E-state index is 11.1. The Morgan fingerprint density at radius 1 is 0.413 bits per heavy atom. The van der Waals surface area contributed by atoms with Gasteiger partial charge in [-0.1, -0.05) is 83.1 Å². The van der Waals surface area contributed by atoms with Crippen molar-refractivity contribution in [2.75, 3.05) is 7.11 Å². The van der Waals surface area contributed by atoms with Gasteiger partial charge in [0.25, 0.3) is 0 Å². The fourth-order valence-electron chi connectivity index (χ4n) is 8.64. The van der Waals surface area contributed by atoms with Gasteiger partial charge in [-0.05, 0) is 49.4 Å². The normalized spacial score (nSPS) is 52.0. The molecule has 0 aromatic heterocycles. The summed E-state index contributed by atoms with van der Waals surface area (Å²) in [5.41, 5.74) is 0. The third-order valence-corrected chi connectivity index (χ3v) is 12.5. The van der Waals surface area contributed by atoms with Crippen molar-refractivity contribution in [3.8, 4) is 0 Å². The van der Waals surface area contributed by atoms with Gasteiger partial charge in [0.2, 0.25) is 0 Å². The molecule has 0 saturated carbocycles. The lowest BCUT2D eigenvalue weighted by molar-refractivity contribution is -0.376. The van der Waals surface area contributed by atoms with Crippen LogP contribution < -0.4 is 0 Å². The number of rotatable bonds is 11. The van der Waals surface area contributed by atoms with Gasteiger partial charge in [-0.2, -0.15) is 0 Å². The topological polar surface area (TPSA) is 94.1 Å². The summed E-state index contributed by atoms with van der Waals surface area (Å²) in [5, 5.41) is 11.1. The monoisotopic (exact) mass is 656 g/mol. The third-order valence-electron chi connectivity index (χ3n) is 12.5. The maximum atomic E-state index is 11.1. The fourth-order valence-corrected chi connectivity index (χ4v) is 8.64. The van der Waals surface area contributed by atoms with Crippen molar-refractivity contribution in [2.45, 2.75) is 183 Å². The molecule has 46 heavy (non-hydrogen) atoms. The first-order valence-electron chi connectivity index (χ1n) is 18.6. The second-order valence-corrected chi connectivity index (χ2v) is 15.2. The summed E-state index contributed by atoms with van der Waals surface area (Å²) < 4.78 is 52.9. The van der Waals surface area contributed by atoms with Crippen molar-refractivity contribution in [2.24, 2.45) is 47.3 Å². The molecule has 0 aromatic carbocycles. The Morgan fingerprint density at radius 2 is 0.783 bits per heavy atom. The molecule has 4 fully saturated rings. The molecule has 0 radical (unpaired) electrons. The van der Waals surface area contributed by atoms with Crippen LogP contribution >= 0.6 is 0 Å². The van der Waals surface area contributed by atoms with E-state index < -0.39 is 31.3 Å². The molecule has 4 rings (SSSR count). The zero-order valence-electron chi connectivity index (χ0n) is 31.1. The molecule has 4 saturated heterocycles. The Hall–Kier alpha value is -0.360. The van der Waals surface area contributed by atoms with Crippen LogP contribution in [0.4, 0.5) is 0 Å². The van der Waals surface area contributed by atoms with E-state index in [4.69, 9.17) is 37.9 Å². The molecule has 4 aliphatic heterocycles. The average molecular weight is 657 g/mol. The highest BCUT2D eigenvalue weighted by atomic mass is 16.8. The summed E-state index contributed by atoms with van der Waals surface area (Å²) in [6, 6.07) is 0. The molecule has 1 N–H and O–H groups in total. The first kappa shape index (κ1) is 38.4. The average Bonchev–Trinajstić information content (AvgIpc) is 3.05. The van der Waals surface area contributed by atoms with Crippen LogP contribution in [0.3, 0.4) is 0 Å². The van der Waals surface area contributed by atoms with E-state index >= 15 is 0 Å². The minimum absolute atomic E-state index is 0.0424. The number of hydrogen-bond donors (Lipinski definition) is 1. The van der Waals surface area contributed by atoms with Crippen molar-refractivity contribution in [3.05, 3.63) is 0 Å². The Balaban J connectivity index is 1.57. The van der Waals surface area contributed by atoms with Crippen LogP contribution in [-0.2, 0) is 37.9 Å². The number of methoxy groups -OCH3 is 1. The molecular formula is C37H68O9. The molecule has 9 heteroatoms. The van der Waals surface area contributed by atoms with Gasteiger partial charge >= 0.3 is 0 Å². The van der Waals surface area contributed by atoms with E-state index in [1.807, 2.05) is 6.92 Å². The van der Waals surface area contributed by atoms with Gasteiger partial charge in [0.15, 0.2) is 25.2 Å². The third kappa shape index (κ3) is 7.68. The molecule has 4 aliphatic rings. The van der Waals surface area contributed by atoms with Crippen molar-refractivity contribution in [1.82, 2.24) is 0 Å². The SMILES string of the molecule is CCC1O[C@H](OC2[C@@H](OC)OC(CC)[C@@H](C)[C@@H]2C)C(O[C@H]2OC(CC)[C@@H](C)[C@H](O[C@H]3OC(CC)[C@@H](C)[C@H](O)C3C)C2C)[C@@H](C)[C@@H]1C. The zero-order valence-corrected chi connectivity index (χ0v) is 31.1. The van der Waals surface area contributed by atoms with Gasteiger partial charge in [0, 0.05) is 30.8 Å². The summed E-state index contributed by atoms with van der Waals surface area (Å²) in [5.74, 6) is 0.903. The summed E-state index contributed by atoms with van der Waals surface area (Å²) in [4.78, 5) is 0. The first-order valence-corrected chi connectivity index (χ1v) is 18.6. The molecule has 0 amide bonds. The predicted molar refractivity (Wildman–Crippen MR) is 177 cm³/mol. The minimum atomic E-state index is -0.603. The van der Waals surface area contributed by atoms with Crippen molar-refractivity contribution in [1.29, 1.82) is 0 Å². The molecule has 0 aromatic rings. The molecule has 20 atom stereocenters. The lowest BCUT2D eigenvalue weighted by Crippen LogP contribution is -2.60. The highest BCUT2D eigenvalue weighted by Gasteiger charge is 2.52. The van der Waals surface area contributed by atoms with Crippen molar-refractivity contribution in [3.63, 3.8) is 0 Å². The standard InChI is InChI=1S/C37H68O9/c1-14-26-18(5)20(7)32(36(39-13)42-26)46-37-33(21(8)19(6)27(15-2)43-37)45-35-25(12)31(23(10)29(17-4)41-35)44-34-24(11)30(38)22(9)28(16-3)40-34/h18-38H,14-17H2,1-13H3/t18-,19-,20-,21-,22+,23+,24?,25?,26?,27?,28?,29?,30-,31-,32?,33?,34+,35+,36-,37+/m0/s1. The number of hydrogen-bond acceptors (Lipinski definition) is 9. The van der Waals surface area contributed by atoms with Gasteiger partial charge in [0.1, 0.15) is 12.2 Å². The Bertz CT molecular complexity index is 917. The molecule has 4 heterocycles. The van der Waals surface area contributed by atoms with E-state index in [2.05, 4.69) is 76.2 Å². The number of ether oxygens (including phenoxy) is 8. The second kappa shape index (κ2) is 16.6. The Morgan fingerprint density at radius 3 is 1.28 bits per heavy atom. The van der Waals surface area contributed by atoms with Crippen LogP contribution in [0.15, 0.2) is 0 Å². The predicted octanol–water partition coefficient (Wildman–Crippen LogP) is 6.78. The van der Waals surface area contributed by atoms with E-state index in [9.17, 15) is 5.11 Å². The van der Waals surface area contributed by atoms with E-state index in [0.717, 1.165) is 25.7 Å². The molecule has 8 unspecified atom stereocenters. The minimum Gasteiger partial charge on any atom is -0.392 e. The smallest absolute Gasteiger partial charge is 0.185 e. The summed E-state index contributed by atoms with van der Waals surface area (Å²) in [6.07, 6.45) is 0.144. The van der Waals surface area contributed by atoms with Crippen molar-refractivity contribution >= 4 is 0 Å². The van der Waals surface area contributed by atoms with Crippen LogP contribution in [0.1, 0.15) is 109 Å². The van der Waals surface area contributed by atoms with Crippen LogP contribution in [0.25, 0.3) is 0 Å². The molecule has 270 valence electrons. The van der Waals surface area contributed by atoms with E-state index in [-0.39, 0.29) is 84.2 Å². The van der Waals surface area contributed by atoms with Gasteiger partial charge in [-0.3, -0.25) is 0 Å². The van der Waals surface area contributed by atoms with Crippen LogP contribution in [0, 0.1) is 47.3 Å². The summed E-state index contributed by atoms with van der Waals surface area (Å²) in [6.45, 7) is 26.0. The second-order valence-electron chi connectivity index (χ2n) is 15.2.